The first-order valence-corrected chi connectivity index (χ1v) is 16.6. The van der Waals surface area contributed by atoms with Crippen LogP contribution in [-0.2, 0) is 0 Å². The second-order valence-corrected chi connectivity index (χ2v) is 12.3. The number of benzene rings is 6. The molecule has 0 atom stereocenters. The molecule has 9 rings (SSSR count). The standard InChI is InChI=1S/C45H32N4/c1-3-4-25-38-30(2)42-40(48(38)34-21-15-20-33(29-34)31-16-7-5-8-17-31)27-28-41-43(42)36-23-12-14-26-39(36)49(41)45-46-37-24-13-11-22-35(37)44(47-45)32-18-9-6-10-19-32/h3-29H,1H2,2H3/b25-4-. The number of hydrogen-bond acceptors (Lipinski definition) is 2. The highest BCUT2D eigenvalue weighted by atomic mass is 15.2. The summed E-state index contributed by atoms with van der Waals surface area (Å²) in [5.74, 6) is 0.655. The van der Waals surface area contributed by atoms with Gasteiger partial charge >= 0.3 is 0 Å². The normalized spacial score (nSPS) is 11.8. The molecule has 4 heteroatoms. The van der Waals surface area contributed by atoms with Gasteiger partial charge in [-0.25, -0.2) is 9.97 Å². The van der Waals surface area contributed by atoms with Crippen LogP contribution in [0.25, 0.3) is 83.7 Å². The van der Waals surface area contributed by atoms with Crippen LogP contribution in [0.2, 0.25) is 0 Å². The Hall–Kier alpha value is -6.52. The van der Waals surface area contributed by atoms with Crippen molar-refractivity contribution in [1.82, 2.24) is 19.1 Å². The van der Waals surface area contributed by atoms with E-state index in [9.17, 15) is 0 Å². The topological polar surface area (TPSA) is 35.6 Å². The molecule has 4 nitrogen and oxygen atoms in total. The van der Waals surface area contributed by atoms with Crippen molar-refractivity contribution in [3.63, 3.8) is 0 Å². The van der Waals surface area contributed by atoms with Crippen molar-refractivity contribution in [2.75, 3.05) is 0 Å². The van der Waals surface area contributed by atoms with Crippen LogP contribution < -0.4 is 0 Å². The molecule has 0 radical (unpaired) electrons. The minimum atomic E-state index is 0.655. The van der Waals surface area contributed by atoms with Crippen LogP contribution in [0, 0.1) is 6.92 Å². The zero-order valence-electron chi connectivity index (χ0n) is 27.1. The Morgan fingerprint density at radius 3 is 1.98 bits per heavy atom. The van der Waals surface area contributed by atoms with Crippen LogP contribution in [0.5, 0.6) is 0 Å². The van der Waals surface area contributed by atoms with Gasteiger partial charge in [-0.3, -0.25) is 4.57 Å². The Balaban J connectivity index is 1.36. The van der Waals surface area contributed by atoms with E-state index < -0.39 is 0 Å². The zero-order valence-corrected chi connectivity index (χ0v) is 27.1. The lowest BCUT2D eigenvalue weighted by Crippen LogP contribution is -2.03. The Labute approximate surface area is 284 Å². The number of para-hydroxylation sites is 2. The van der Waals surface area contributed by atoms with E-state index >= 15 is 0 Å². The Morgan fingerprint density at radius 1 is 0.551 bits per heavy atom. The fraction of sp³-hybridized carbons (Fsp3) is 0.0222. The van der Waals surface area contributed by atoms with E-state index in [0.29, 0.717) is 5.95 Å². The van der Waals surface area contributed by atoms with Crippen molar-refractivity contribution in [2.45, 2.75) is 6.92 Å². The van der Waals surface area contributed by atoms with Gasteiger partial charge in [0.2, 0.25) is 5.95 Å². The number of aromatic nitrogens is 4. The maximum Gasteiger partial charge on any atom is 0.235 e. The third-order valence-electron chi connectivity index (χ3n) is 9.50. The van der Waals surface area contributed by atoms with Gasteiger partial charge in [-0.1, -0.05) is 128 Å². The molecule has 3 heterocycles. The molecule has 9 aromatic rings. The lowest BCUT2D eigenvalue weighted by Gasteiger charge is -2.12. The summed E-state index contributed by atoms with van der Waals surface area (Å²) < 4.78 is 4.61. The molecule has 0 saturated heterocycles. The summed E-state index contributed by atoms with van der Waals surface area (Å²) in [7, 11) is 0. The maximum atomic E-state index is 5.29. The van der Waals surface area contributed by atoms with Crippen LogP contribution in [0.3, 0.4) is 0 Å². The summed E-state index contributed by atoms with van der Waals surface area (Å²) >= 11 is 0. The van der Waals surface area contributed by atoms with Crippen LogP contribution in [0.15, 0.2) is 164 Å². The van der Waals surface area contributed by atoms with Crippen molar-refractivity contribution in [3.8, 4) is 34.0 Å². The number of fused-ring (bicyclic) bond motifs is 6. The average molecular weight is 629 g/mol. The second kappa shape index (κ2) is 11.6. The molecule has 0 N–H and O–H groups in total. The van der Waals surface area contributed by atoms with Gasteiger partial charge in [-0.2, -0.15) is 0 Å². The smallest absolute Gasteiger partial charge is 0.235 e. The van der Waals surface area contributed by atoms with Gasteiger partial charge in [0, 0.05) is 38.5 Å². The molecule has 6 aromatic carbocycles. The summed E-state index contributed by atoms with van der Waals surface area (Å²) in [6.45, 7) is 6.21. The SMILES string of the molecule is C=C/C=C\c1c(C)c2c3c4ccccc4n(-c4nc(-c5ccccc5)c5ccccc5n4)c3ccc2n1-c1cccc(-c2ccccc2)c1. The van der Waals surface area contributed by atoms with E-state index in [1.165, 1.54) is 32.8 Å². The minimum Gasteiger partial charge on any atom is -0.310 e. The van der Waals surface area contributed by atoms with Gasteiger partial charge in [0.25, 0.3) is 0 Å². The fourth-order valence-electron chi connectivity index (χ4n) is 7.33. The lowest BCUT2D eigenvalue weighted by atomic mass is 10.0. The van der Waals surface area contributed by atoms with Crippen molar-refractivity contribution in [2.24, 2.45) is 0 Å². The molecule has 0 unspecified atom stereocenters. The summed E-state index contributed by atoms with van der Waals surface area (Å²) in [6.07, 6.45) is 6.03. The molecule has 0 aliphatic rings. The van der Waals surface area contributed by atoms with E-state index in [1.54, 1.807) is 0 Å². The van der Waals surface area contributed by atoms with Gasteiger partial charge in [0.15, 0.2) is 0 Å². The van der Waals surface area contributed by atoms with E-state index in [1.807, 2.05) is 24.3 Å². The first-order valence-electron chi connectivity index (χ1n) is 16.6. The highest BCUT2D eigenvalue weighted by Crippen LogP contribution is 2.42. The van der Waals surface area contributed by atoms with Crippen molar-refractivity contribution in [1.29, 1.82) is 0 Å². The van der Waals surface area contributed by atoms with E-state index in [2.05, 4.69) is 162 Å². The summed E-state index contributed by atoms with van der Waals surface area (Å²) in [5, 5.41) is 4.60. The summed E-state index contributed by atoms with van der Waals surface area (Å²) in [4.78, 5) is 10.5. The highest BCUT2D eigenvalue weighted by Gasteiger charge is 2.23. The van der Waals surface area contributed by atoms with Crippen LogP contribution >= 0.6 is 0 Å². The molecular weight excluding hydrogens is 597 g/mol. The van der Waals surface area contributed by atoms with Crippen LogP contribution in [-0.4, -0.2) is 19.1 Å². The number of allylic oxidation sites excluding steroid dienone is 2. The molecule has 0 bridgehead atoms. The second-order valence-electron chi connectivity index (χ2n) is 12.3. The molecule has 232 valence electrons. The first-order chi connectivity index (χ1) is 24.2. The molecule has 0 aliphatic heterocycles. The summed E-state index contributed by atoms with van der Waals surface area (Å²) in [6, 6.07) is 51.1. The molecular formula is C45H32N4. The Kier molecular flexibility index (Phi) is 6.80. The maximum absolute atomic E-state index is 5.29. The largest absolute Gasteiger partial charge is 0.310 e. The van der Waals surface area contributed by atoms with E-state index in [0.717, 1.165) is 50.1 Å². The minimum absolute atomic E-state index is 0.655. The lowest BCUT2D eigenvalue weighted by molar-refractivity contribution is 1.01. The van der Waals surface area contributed by atoms with E-state index in [-0.39, 0.29) is 0 Å². The number of rotatable bonds is 6. The first kappa shape index (κ1) is 28.7. The third-order valence-corrected chi connectivity index (χ3v) is 9.50. The Bertz CT molecular complexity index is 2730. The van der Waals surface area contributed by atoms with Gasteiger partial charge in [-0.15, -0.1) is 0 Å². The molecule has 0 amide bonds. The predicted molar refractivity (Wildman–Crippen MR) is 206 cm³/mol. The molecule has 49 heavy (non-hydrogen) atoms. The van der Waals surface area contributed by atoms with Gasteiger partial charge in [0.1, 0.15) is 0 Å². The van der Waals surface area contributed by atoms with Crippen molar-refractivity contribution >= 4 is 49.7 Å². The molecule has 3 aromatic heterocycles. The molecule has 0 spiro atoms. The molecule has 0 fully saturated rings. The van der Waals surface area contributed by atoms with Crippen LogP contribution in [0.4, 0.5) is 0 Å². The van der Waals surface area contributed by atoms with E-state index in [4.69, 9.17) is 9.97 Å². The third kappa shape index (κ3) is 4.61. The number of nitrogens with zero attached hydrogens (tertiary/aromatic N) is 4. The average Bonchev–Trinajstić information content (AvgIpc) is 3.65. The molecule has 0 aliphatic carbocycles. The van der Waals surface area contributed by atoms with Gasteiger partial charge in [0.05, 0.1) is 27.8 Å². The Morgan fingerprint density at radius 2 is 1.20 bits per heavy atom. The quantitative estimate of drug-likeness (QED) is 0.172. The monoisotopic (exact) mass is 628 g/mol. The number of aryl methyl sites for hydroxylation is 1. The van der Waals surface area contributed by atoms with Crippen molar-refractivity contribution < 1.29 is 0 Å². The highest BCUT2D eigenvalue weighted by molar-refractivity contribution is 6.22. The molecule has 0 saturated carbocycles. The fourth-order valence-corrected chi connectivity index (χ4v) is 7.33. The predicted octanol–water partition coefficient (Wildman–Crippen LogP) is 11.5. The van der Waals surface area contributed by atoms with Crippen LogP contribution in [0.1, 0.15) is 11.3 Å². The zero-order chi connectivity index (χ0) is 32.9. The van der Waals surface area contributed by atoms with Gasteiger partial charge < -0.3 is 4.57 Å². The summed E-state index contributed by atoms with van der Waals surface area (Å²) in [5.41, 5.74) is 12.0. The van der Waals surface area contributed by atoms with Gasteiger partial charge in [-0.05, 0) is 66.1 Å². The van der Waals surface area contributed by atoms with Crippen molar-refractivity contribution in [3.05, 3.63) is 176 Å². The number of hydrogen-bond donors (Lipinski definition) is 0.